The Morgan fingerprint density at radius 3 is 3.07 bits per heavy atom. The van der Waals surface area contributed by atoms with Crippen LogP contribution in [0.3, 0.4) is 0 Å². The fourth-order valence-corrected chi connectivity index (χ4v) is 1.69. The number of carbonyl (C=O) groups is 1. The maximum atomic E-state index is 11.1. The molecule has 0 spiro atoms. The highest BCUT2D eigenvalue weighted by Crippen LogP contribution is 2.20. The molecule has 0 fully saturated rings. The second-order valence-corrected chi connectivity index (χ2v) is 3.28. The van der Waals surface area contributed by atoms with E-state index in [-0.39, 0.29) is 6.61 Å². The summed E-state index contributed by atoms with van der Waals surface area (Å²) in [5.41, 5.74) is 6.90. The minimum absolute atomic E-state index is 0.0484. The molecule has 0 saturated heterocycles. The van der Waals surface area contributed by atoms with E-state index in [4.69, 9.17) is 10.8 Å². The van der Waals surface area contributed by atoms with Crippen molar-refractivity contribution in [3.05, 3.63) is 36.0 Å². The predicted molar refractivity (Wildman–Crippen MR) is 56.5 cm³/mol. The summed E-state index contributed by atoms with van der Waals surface area (Å²) in [6.07, 6.45) is 2.17. The number of carbonyl (C=O) groups excluding carboxylic acids is 1. The van der Waals surface area contributed by atoms with Crippen LogP contribution in [0.25, 0.3) is 10.9 Å². The van der Waals surface area contributed by atoms with Gasteiger partial charge in [-0.05, 0) is 30.2 Å². The topological polar surface area (TPSA) is 68.2 Å². The maximum absolute atomic E-state index is 11.1. The van der Waals surface area contributed by atoms with Gasteiger partial charge < -0.3 is 10.8 Å². The highest BCUT2D eigenvalue weighted by molar-refractivity contribution is 5.93. The molecule has 0 bridgehead atoms. The Bertz CT molecular complexity index is 502. The molecule has 3 N–H and O–H groups in total. The van der Waals surface area contributed by atoms with E-state index < -0.39 is 6.03 Å². The van der Waals surface area contributed by atoms with E-state index in [0.29, 0.717) is 6.42 Å². The number of primary amides is 1. The summed E-state index contributed by atoms with van der Waals surface area (Å²) in [6.45, 7) is 0.0484. The highest BCUT2D eigenvalue weighted by atomic mass is 16.3. The Morgan fingerprint density at radius 1 is 1.60 bits per heavy atom. The summed E-state index contributed by atoms with van der Waals surface area (Å²) < 4.78 is 1.38. The molecule has 77 valence electrons. The van der Waals surface area contributed by atoms with E-state index in [2.05, 4.69) is 6.07 Å². The molecule has 1 heterocycles. The molecule has 1 aromatic carbocycles. The fraction of sp³-hybridized carbons (Fsp3) is 0.182. The number of aromatic nitrogens is 1. The van der Waals surface area contributed by atoms with Crippen molar-refractivity contribution in [1.29, 1.82) is 0 Å². The van der Waals surface area contributed by atoms with Gasteiger partial charge in [-0.1, -0.05) is 6.07 Å². The fourth-order valence-electron chi connectivity index (χ4n) is 1.69. The molecule has 1 amide bonds. The second kappa shape index (κ2) is 3.74. The third-order valence-corrected chi connectivity index (χ3v) is 2.35. The molecule has 0 atom stereocenters. The van der Waals surface area contributed by atoms with Gasteiger partial charge in [-0.15, -0.1) is 0 Å². The molecule has 4 nitrogen and oxygen atoms in total. The summed E-state index contributed by atoms with van der Waals surface area (Å²) in [4.78, 5) is 11.1. The number of rotatable bonds is 2. The first-order chi connectivity index (χ1) is 7.24. The molecule has 4 heteroatoms. The van der Waals surface area contributed by atoms with Gasteiger partial charge in [0, 0.05) is 18.2 Å². The number of hydrogen-bond acceptors (Lipinski definition) is 2. The molecular formula is C11H11N2O2. The second-order valence-electron chi connectivity index (χ2n) is 3.28. The molecule has 2 aromatic rings. The van der Waals surface area contributed by atoms with Crippen LogP contribution in [0.1, 0.15) is 5.56 Å². The van der Waals surface area contributed by atoms with Crippen LogP contribution in [0.15, 0.2) is 24.4 Å². The van der Waals surface area contributed by atoms with Crippen LogP contribution < -0.4 is 5.73 Å². The molecule has 0 saturated carbocycles. The van der Waals surface area contributed by atoms with E-state index in [1.807, 2.05) is 0 Å². The standard InChI is InChI=1S/C11H11N2O2/c12-11(15)13-7-8(5-6-14)9-3-1-2-4-10(9)13/h2-4,7,14H,5-6H2,(H2,12,15). The first-order valence-electron chi connectivity index (χ1n) is 4.64. The van der Waals surface area contributed by atoms with Crippen LogP contribution >= 0.6 is 0 Å². The van der Waals surface area contributed by atoms with Crippen molar-refractivity contribution in [1.82, 2.24) is 4.57 Å². The Hall–Kier alpha value is -1.81. The van der Waals surface area contributed by atoms with Crippen molar-refractivity contribution < 1.29 is 9.90 Å². The third kappa shape index (κ3) is 1.59. The third-order valence-electron chi connectivity index (χ3n) is 2.35. The quantitative estimate of drug-likeness (QED) is 0.761. The van der Waals surface area contributed by atoms with Gasteiger partial charge in [0.25, 0.3) is 0 Å². The van der Waals surface area contributed by atoms with E-state index in [1.165, 1.54) is 4.57 Å². The van der Waals surface area contributed by atoms with Crippen LogP contribution in [-0.2, 0) is 6.42 Å². The van der Waals surface area contributed by atoms with Crippen molar-refractivity contribution in [2.75, 3.05) is 6.61 Å². The zero-order valence-corrected chi connectivity index (χ0v) is 8.10. The maximum Gasteiger partial charge on any atom is 0.323 e. The smallest absolute Gasteiger partial charge is 0.323 e. The molecule has 0 aliphatic rings. The molecule has 0 unspecified atom stereocenters. The summed E-state index contributed by atoms with van der Waals surface area (Å²) in [7, 11) is 0. The van der Waals surface area contributed by atoms with Crippen molar-refractivity contribution in [3.8, 4) is 0 Å². The summed E-state index contributed by atoms with van der Waals surface area (Å²) in [6, 6.07) is 7.72. The van der Waals surface area contributed by atoms with Crippen molar-refractivity contribution in [3.63, 3.8) is 0 Å². The molecule has 2 rings (SSSR count). The first-order valence-corrected chi connectivity index (χ1v) is 4.64. The largest absolute Gasteiger partial charge is 0.396 e. The Morgan fingerprint density at radius 2 is 2.40 bits per heavy atom. The van der Waals surface area contributed by atoms with Gasteiger partial charge in [-0.25, -0.2) is 4.79 Å². The average molecular weight is 203 g/mol. The Kier molecular flexibility index (Phi) is 2.43. The van der Waals surface area contributed by atoms with E-state index >= 15 is 0 Å². The number of aliphatic hydroxyl groups excluding tert-OH is 1. The lowest BCUT2D eigenvalue weighted by atomic mass is 10.1. The molecule has 15 heavy (non-hydrogen) atoms. The monoisotopic (exact) mass is 203 g/mol. The Labute approximate surface area is 86.9 Å². The van der Waals surface area contributed by atoms with Crippen molar-refractivity contribution >= 4 is 16.9 Å². The molecular weight excluding hydrogens is 192 g/mol. The van der Waals surface area contributed by atoms with E-state index in [9.17, 15) is 4.79 Å². The van der Waals surface area contributed by atoms with Crippen LogP contribution in [0.2, 0.25) is 0 Å². The van der Waals surface area contributed by atoms with Crippen molar-refractivity contribution in [2.24, 2.45) is 5.73 Å². The van der Waals surface area contributed by atoms with Crippen LogP contribution in [0.4, 0.5) is 4.79 Å². The summed E-state index contributed by atoms with van der Waals surface area (Å²) in [5, 5.41) is 9.80. The number of benzene rings is 1. The van der Waals surface area contributed by atoms with Gasteiger partial charge in [-0.3, -0.25) is 4.57 Å². The van der Waals surface area contributed by atoms with Gasteiger partial charge in [0.2, 0.25) is 0 Å². The lowest BCUT2D eigenvalue weighted by Gasteiger charge is -1.96. The van der Waals surface area contributed by atoms with Crippen LogP contribution in [0.5, 0.6) is 0 Å². The average Bonchev–Trinajstić information content (AvgIpc) is 2.59. The molecule has 1 aromatic heterocycles. The number of hydrogen-bond donors (Lipinski definition) is 2. The number of fused-ring (bicyclic) bond motifs is 1. The number of nitrogens with two attached hydrogens (primary N) is 1. The van der Waals surface area contributed by atoms with E-state index in [1.54, 1.807) is 24.4 Å². The molecule has 0 aliphatic carbocycles. The number of nitrogens with zero attached hydrogens (tertiary/aromatic N) is 1. The lowest BCUT2D eigenvalue weighted by molar-refractivity contribution is 0.251. The van der Waals surface area contributed by atoms with Crippen molar-refractivity contribution in [2.45, 2.75) is 6.42 Å². The van der Waals surface area contributed by atoms with E-state index in [0.717, 1.165) is 16.5 Å². The minimum atomic E-state index is -0.518. The summed E-state index contributed by atoms with van der Waals surface area (Å²) in [5.74, 6) is 0. The molecule has 0 aliphatic heterocycles. The highest BCUT2D eigenvalue weighted by Gasteiger charge is 2.09. The minimum Gasteiger partial charge on any atom is -0.396 e. The lowest BCUT2D eigenvalue weighted by Crippen LogP contribution is -2.18. The number of aliphatic hydroxyl groups is 1. The van der Waals surface area contributed by atoms with Crippen LogP contribution in [-0.4, -0.2) is 22.3 Å². The normalized spacial score (nSPS) is 10.7. The number of amides is 1. The predicted octanol–water partition coefficient (Wildman–Crippen LogP) is 0.903. The zero-order chi connectivity index (χ0) is 10.8. The van der Waals surface area contributed by atoms with Gasteiger partial charge in [-0.2, -0.15) is 0 Å². The van der Waals surface area contributed by atoms with Gasteiger partial charge in [0.15, 0.2) is 0 Å². The first kappa shape index (κ1) is 9.73. The SMILES string of the molecule is NC(=O)n1cc(CCO)c2c[c]ccc21. The van der Waals surface area contributed by atoms with Gasteiger partial charge in [0.05, 0.1) is 5.52 Å². The zero-order valence-electron chi connectivity index (χ0n) is 8.10. The van der Waals surface area contributed by atoms with Crippen LogP contribution in [0, 0.1) is 6.07 Å². The van der Waals surface area contributed by atoms with Gasteiger partial charge in [0.1, 0.15) is 0 Å². The molecule has 1 radical (unpaired) electrons. The summed E-state index contributed by atoms with van der Waals surface area (Å²) >= 11 is 0. The van der Waals surface area contributed by atoms with Gasteiger partial charge >= 0.3 is 6.03 Å². The Balaban J connectivity index is 2.67.